The van der Waals surface area contributed by atoms with Gasteiger partial charge in [-0.3, -0.25) is 10.1 Å². The standard InChI is InChI=1S/C11H15ClN4O3/c1-13-7-5-19-4-6(7)10(17)16-11-14-8(12)3-9(15-11)18-2/h3,6-7,13H,4-5H2,1-2H3,(H,14,15,16,17). The van der Waals surface area contributed by atoms with Crippen molar-refractivity contribution < 1.29 is 14.3 Å². The summed E-state index contributed by atoms with van der Waals surface area (Å²) < 4.78 is 10.2. The second-order valence-electron chi connectivity index (χ2n) is 4.09. The molecule has 0 saturated carbocycles. The van der Waals surface area contributed by atoms with Crippen LogP contribution in [-0.2, 0) is 9.53 Å². The highest BCUT2D eigenvalue weighted by Gasteiger charge is 2.33. The van der Waals surface area contributed by atoms with E-state index >= 15 is 0 Å². The summed E-state index contributed by atoms with van der Waals surface area (Å²) in [7, 11) is 3.25. The Morgan fingerprint density at radius 2 is 2.32 bits per heavy atom. The normalized spacial score (nSPS) is 22.3. The van der Waals surface area contributed by atoms with Gasteiger partial charge in [0.15, 0.2) is 0 Å². The number of rotatable bonds is 4. The maximum atomic E-state index is 12.1. The number of carbonyl (C=O) groups is 1. The van der Waals surface area contributed by atoms with E-state index in [4.69, 9.17) is 21.1 Å². The fourth-order valence-corrected chi connectivity index (χ4v) is 2.03. The van der Waals surface area contributed by atoms with Gasteiger partial charge < -0.3 is 14.8 Å². The van der Waals surface area contributed by atoms with E-state index in [0.717, 1.165) is 0 Å². The van der Waals surface area contributed by atoms with Crippen LogP contribution in [0.2, 0.25) is 5.15 Å². The summed E-state index contributed by atoms with van der Waals surface area (Å²) >= 11 is 5.81. The molecule has 1 aliphatic rings. The number of methoxy groups -OCH3 is 1. The molecule has 2 rings (SSSR count). The topological polar surface area (TPSA) is 85.4 Å². The van der Waals surface area contributed by atoms with E-state index in [0.29, 0.717) is 19.1 Å². The molecule has 1 aromatic rings. The molecule has 2 unspecified atom stereocenters. The summed E-state index contributed by atoms with van der Waals surface area (Å²) in [6.45, 7) is 0.878. The highest BCUT2D eigenvalue weighted by molar-refractivity contribution is 6.29. The first kappa shape index (κ1) is 14.0. The average molecular weight is 287 g/mol. The van der Waals surface area contributed by atoms with Crippen molar-refractivity contribution in [1.82, 2.24) is 15.3 Å². The van der Waals surface area contributed by atoms with E-state index in [1.54, 1.807) is 7.05 Å². The fourth-order valence-electron chi connectivity index (χ4n) is 1.86. The van der Waals surface area contributed by atoms with Crippen LogP contribution in [0.3, 0.4) is 0 Å². The number of ether oxygens (including phenoxy) is 2. The van der Waals surface area contributed by atoms with Crippen molar-refractivity contribution in [2.45, 2.75) is 6.04 Å². The van der Waals surface area contributed by atoms with Gasteiger partial charge in [0.2, 0.25) is 17.7 Å². The molecule has 2 heterocycles. The number of aromatic nitrogens is 2. The number of nitrogens with zero attached hydrogens (tertiary/aromatic N) is 2. The lowest BCUT2D eigenvalue weighted by atomic mass is 10.0. The van der Waals surface area contributed by atoms with Crippen LogP contribution in [0, 0.1) is 5.92 Å². The maximum absolute atomic E-state index is 12.1. The minimum absolute atomic E-state index is 0.0129. The Balaban J connectivity index is 2.08. The molecule has 2 N–H and O–H groups in total. The van der Waals surface area contributed by atoms with Crippen molar-refractivity contribution in [2.75, 3.05) is 32.7 Å². The molecule has 2 atom stereocenters. The van der Waals surface area contributed by atoms with Crippen molar-refractivity contribution in [3.05, 3.63) is 11.2 Å². The van der Waals surface area contributed by atoms with Gasteiger partial charge in [-0.2, -0.15) is 4.98 Å². The van der Waals surface area contributed by atoms with Gasteiger partial charge in [0.05, 0.1) is 26.2 Å². The zero-order valence-electron chi connectivity index (χ0n) is 10.6. The van der Waals surface area contributed by atoms with E-state index < -0.39 is 0 Å². The largest absolute Gasteiger partial charge is 0.481 e. The van der Waals surface area contributed by atoms with Crippen LogP contribution in [-0.4, -0.2) is 49.3 Å². The fraction of sp³-hybridized carbons (Fsp3) is 0.545. The van der Waals surface area contributed by atoms with Gasteiger partial charge in [-0.05, 0) is 7.05 Å². The lowest BCUT2D eigenvalue weighted by Gasteiger charge is -2.15. The lowest BCUT2D eigenvalue weighted by Crippen LogP contribution is -2.39. The monoisotopic (exact) mass is 286 g/mol. The highest BCUT2D eigenvalue weighted by Crippen LogP contribution is 2.18. The van der Waals surface area contributed by atoms with Gasteiger partial charge in [0.1, 0.15) is 5.15 Å². The summed E-state index contributed by atoms with van der Waals surface area (Å²) in [4.78, 5) is 20.0. The van der Waals surface area contributed by atoms with Crippen LogP contribution in [0.1, 0.15) is 0 Å². The third-order valence-electron chi connectivity index (χ3n) is 2.90. The molecule has 8 heteroatoms. The number of nitrogens with one attached hydrogen (secondary N) is 2. The van der Waals surface area contributed by atoms with Crippen molar-refractivity contribution in [1.29, 1.82) is 0 Å². The Morgan fingerprint density at radius 1 is 1.53 bits per heavy atom. The highest BCUT2D eigenvalue weighted by atomic mass is 35.5. The van der Waals surface area contributed by atoms with Crippen LogP contribution in [0.4, 0.5) is 5.95 Å². The molecule has 0 bridgehead atoms. The second-order valence-corrected chi connectivity index (χ2v) is 4.47. The van der Waals surface area contributed by atoms with Gasteiger partial charge in [0.25, 0.3) is 0 Å². The summed E-state index contributed by atoms with van der Waals surface area (Å²) in [5.74, 6) is -0.0704. The van der Waals surface area contributed by atoms with E-state index in [9.17, 15) is 4.79 Å². The Labute approximate surface area is 115 Å². The number of amides is 1. The zero-order valence-corrected chi connectivity index (χ0v) is 11.4. The molecule has 0 aliphatic carbocycles. The molecule has 0 spiro atoms. The predicted molar refractivity (Wildman–Crippen MR) is 69.4 cm³/mol. The minimum atomic E-state index is -0.279. The van der Waals surface area contributed by atoms with Gasteiger partial charge in [-0.1, -0.05) is 11.6 Å². The van der Waals surface area contributed by atoms with Crippen molar-refractivity contribution in [3.8, 4) is 5.88 Å². The molecular weight excluding hydrogens is 272 g/mol. The van der Waals surface area contributed by atoms with Gasteiger partial charge >= 0.3 is 0 Å². The SMILES string of the molecule is CNC1COCC1C(=O)Nc1nc(Cl)cc(OC)n1. The summed E-state index contributed by atoms with van der Waals surface area (Å²) in [6.07, 6.45) is 0. The summed E-state index contributed by atoms with van der Waals surface area (Å²) in [5, 5.41) is 5.86. The quantitative estimate of drug-likeness (QED) is 0.775. The molecule has 104 valence electrons. The third-order valence-corrected chi connectivity index (χ3v) is 3.10. The van der Waals surface area contributed by atoms with Crippen LogP contribution in [0.25, 0.3) is 0 Å². The molecule has 1 aliphatic heterocycles. The van der Waals surface area contributed by atoms with Crippen molar-refractivity contribution >= 4 is 23.5 Å². The molecule has 1 aromatic heterocycles. The van der Waals surface area contributed by atoms with E-state index in [1.165, 1.54) is 13.2 Å². The van der Waals surface area contributed by atoms with E-state index in [-0.39, 0.29) is 29.0 Å². The van der Waals surface area contributed by atoms with Crippen LogP contribution >= 0.6 is 11.6 Å². The Bertz CT molecular complexity index is 471. The van der Waals surface area contributed by atoms with E-state index in [1.807, 2.05) is 0 Å². The van der Waals surface area contributed by atoms with Crippen LogP contribution < -0.4 is 15.4 Å². The average Bonchev–Trinajstić information content (AvgIpc) is 2.86. The Morgan fingerprint density at radius 3 is 3.00 bits per heavy atom. The predicted octanol–water partition coefficient (Wildman–Crippen LogP) is 0.311. The number of anilines is 1. The first-order valence-corrected chi connectivity index (χ1v) is 6.16. The van der Waals surface area contributed by atoms with Gasteiger partial charge in [-0.15, -0.1) is 0 Å². The summed E-state index contributed by atoms with van der Waals surface area (Å²) in [5.41, 5.74) is 0. The first-order valence-electron chi connectivity index (χ1n) is 5.78. The van der Waals surface area contributed by atoms with Gasteiger partial charge in [-0.25, -0.2) is 4.98 Å². The number of halogens is 1. The smallest absolute Gasteiger partial charge is 0.234 e. The minimum Gasteiger partial charge on any atom is -0.481 e. The van der Waals surface area contributed by atoms with Crippen molar-refractivity contribution in [2.24, 2.45) is 5.92 Å². The number of likely N-dealkylation sites (N-methyl/N-ethyl adjacent to an activating group) is 1. The second kappa shape index (κ2) is 6.14. The molecule has 0 aromatic carbocycles. The Hall–Kier alpha value is -1.44. The number of hydrogen-bond donors (Lipinski definition) is 2. The summed E-state index contributed by atoms with van der Waals surface area (Å²) in [6, 6.07) is 1.45. The lowest BCUT2D eigenvalue weighted by molar-refractivity contribution is -0.120. The van der Waals surface area contributed by atoms with Gasteiger partial charge in [0, 0.05) is 12.1 Å². The third kappa shape index (κ3) is 3.31. The molecule has 0 radical (unpaired) electrons. The van der Waals surface area contributed by atoms with Crippen molar-refractivity contribution in [3.63, 3.8) is 0 Å². The number of carbonyl (C=O) groups excluding carboxylic acids is 1. The molecule has 1 saturated heterocycles. The molecular formula is C11H15ClN4O3. The molecule has 1 fully saturated rings. The maximum Gasteiger partial charge on any atom is 0.234 e. The number of hydrogen-bond acceptors (Lipinski definition) is 6. The molecule has 19 heavy (non-hydrogen) atoms. The first-order chi connectivity index (χ1) is 9.13. The zero-order chi connectivity index (χ0) is 13.8. The van der Waals surface area contributed by atoms with Crippen LogP contribution in [0.15, 0.2) is 6.07 Å². The van der Waals surface area contributed by atoms with E-state index in [2.05, 4.69) is 20.6 Å². The molecule has 1 amide bonds. The molecule has 7 nitrogen and oxygen atoms in total. The Kier molecular flexibility index (Phi) is 4.52. The van der Waals surface area contributed by atoms with Crippen LogP contribution in [0.5, 0.6) is 5.88 Å².